The van der Waals surface area contributed by atoms with Crippen LogP contribution in [0.4, 0.5) is 0 Å². The number of hydrogen-bond acceptors (Lipinski definition) is 6. The molecule has 1 aliphatic carbocycles. The number of ketones is 2. The minimum absolute atomic E-state index is 0.00224. The number of H-pyrrole nitrogens is 1. The highest BCUT2D eigenvalue weighted by atomic mass is 16.5. The molecule has 440 valence electrons. The lowest BCUT2D eigenvalue weighted by Crippen LogP contribution is -2.24. The van der Waals surface area contributed by atoms with Crippen LogP contribution in [0.25, 0.3) is 10.9 Å². The van der Waals surface area contributed by atoms with Crippen molar-refractivity contribution in [3.05, 3.63) is 169 Å². The summed E-state index contributed by atoms with van der Waals surface area (Å²) < 4.78 is 15.5. The molecule has 0 bridgehead atoms. The Hall–Kier alpha value is -6.15. The lowest BCUT2D eigenvalue weighted by molar-refractivity contribution is -0.121. The molecule has 80 heavy (non-hydrogen) atoms. The standard InChI is InChI=1S/C59H90O4.C13H16N2O2/c1-44(2)24-15-25-45(3)26-16-27-46(4)28-17-29-47(5)30-18-31-48(6)32-19-33-49(7)34-20-35-50(8)36-21-37-51(9)38-22-39-52(10)40-23-41-53(11)42-43-55-54(12)56(60)58(62-13)59(63-14)57(55)61;1-9(16)14-6-5-10-8-15-13-4-3-11(17-2)7-12(10)13/h24,26,28,30,32,34,36,38,40,42H,15-23,25,27,29,31,33,35,37,39,41,43H2,1-14H3;3-4,7-8,15H,5-6H2,1-2H3,(H,14,16)/b45-26+,46-28+,47-30+,48-32+,49-34+,50-36+,51-38+,52-40+,53-42+;. The summed E-state index contributed by atoms with van der Waals surface area (Å²) in [4.78, 5) is 39.5. The van der Waals surface area contributed by atoms with E-state index in [-0.39, 0.29) is 29.0 Å². The van der Waals surface area contributed by atoms with Crippen LogP contribution in [-0.2, 0) is 30.3 Å². The third-order valence-electron chi connectivity index (χ3n) is 14.8. The zero-order valence-corrected chi connectivity index (χ0v) is 52.9. The molecule has 0 atom stereocenters. The number of methoxy groups -OCH3 is 3. The molecule has 0 fully saturated rings. The first kappa shape index (κ1) is 70.0. The zero-order valence-electron chi connectivity index (χ0n) is 52.9. The van der Waals surface area contributed by atoms with E-state index < -0.39 is 0 Å². The van der Waals surface area contributed by atoms with E-state index in [9.17, 15) is 14.4 Å². The topological polar surface area (TPSA) is 107 Å². The maximum Gasteiger partial charge on any atom is 0.228 e. The summed E-state index contributed by atoms with van der Waals surface area (Å²) in [6, 6.07) is 5.93. The second-order valence-electron chi connectivity index (χ2n) is 22.6. The maximum atomic E-state index is 12.9. The number of carbonyl (C=O) groups is 3. The Balaban J connectivity index is 0.00000108. The first-order valence-corrected chi connectivity index (χ1v) is 29.7. The molecule has 1 heterocycles. The number of benzene rings is 1. The van der Waals surface area contributed by atoms with E-state index in [1.165, 1.54) is 102 Å². The Morgan fingerprint density at radius 3 is 1.16 bits per heavy atom. The van der Waals surface area contributed by atoms with Crippen molar-refractivity contribution in [3.63, 3.8) is 0 Å². The number of amides is 1. The van der Waals surface area contributed by atoms with Gasteiger partial charge in [-0.15, -0.1) is 0 Å². The van der Waals surface area contributed by atoms with Crippen molar-refractivity contribution in [1.82, 2.24) is 10.3 Å². The van der Waals surface area contributed by atoms with Gasteiger partial charge in [0.25, 0.3) is 0 Å². The van der Waals surface area contributed by atoms with Crippen molar-refractivity contribution in [2.75, 3.05) is 27.9 Å². The van der Waals surface area contributed by atoms with Crippen molar-refractivity contribution in [3.8, 4) is 5.75 Å². The van der Waals surface area contributed by atoms with Crippen LogP contribution in [0.5, 0.6) is 5.75 Å². The van der Waals surface area contributed by atoms with Gasteiger partial charge in [-0.1, -0.05) is 116 Å². The molecule has 1 aliphatic rings. The number of nitrogens with one attached hydrogen (secondary N) is 2. The van der Waals surface area contributed by atoms with Crippen LogP contribution in [0.3, 0.4) is 0 Å². The highest BCUT2D eigenvalue weighted by Gasteiger charge is 2.34. The van der Waals surface area contributed by atoms with Crippen LogP contribution < -0.4 is 10.1 Å². The molecule has 0 saturated carbocycles. The predicted molar refractivity (Wildman–Crippen MR) is 342 cm³/mol. The van der Waals surface area contributed by atoms with Gasteiger partial charge in [0.1, 0.15) is 5.75 Å². The maximum absolute atomic E-state index is 12.9. The number of aromatic amines is 1. The van der Waals surface area contributed by atoms with Gasteiger partial charge in [-0.3, -0.25) is 14.4 Å². The number of carbonyl (C=O) groups excluding carboxylic acids is 3. The number of fused-ring (bicyclic) bond motifs is 1. The van der Waals surface area contributed by atoms with Crippen LogP contribution in [-0.4, -0.2) is 50.3 Å². The zero-order chi connectivity index (χ0) is 59.4. The number of allylic oxidation sites excluding steroid dienone is 22. The van der Waals surface area contributed by atoms with E-state index in [1.807, 2.05) is 24.4 Å². The minimum Gasteiger partial charge on any atom is -0.497 e. The van der Waals surface area contributed by atoms with E-state index in [2.05, 4.69) is 147 Å². The monoisotopic (exact) mass is 1090 g/mol. The summed E-state index contributed by atoms with van der Waals surface area (Å²) in [6.07, 6.45) is 47.1. The Kier molecular flexibility index (Phi) is 35.1. The van der Waals surface area contributed by atoms with Gasteiger partial charge in [0.2, 0.25) is 29.0 Å². The van der Waals surface area contributed by atoms with Gasteiger partial charge in [-0.05, 0) is 235 Å². The number of ether oxygens (including phenoxy) is 3. The number of rotatable bonds is 35. The number of Topliss-reactive ketones (excluding diaryl/α,β-unsaturated/α-hetero) is 2. The Morgan fingerprint density at radius 2 is 0.825 bits per heavy atom. The SMILES string of the molecule is COC1=C(OC)C(=O)C(C/C=C(\C)CC/C=C(\C)CC/C=C(\C)CC/C=C(\C)CC/C=C(\C)CC/C=C(\C)CC/C=C(\C)CC/C=C(\C)CC/C=C(\C)CCC=C(C)C)=C(C)C1=O.COc1ccc2[nH]cc(CCNC(C)=O)c2c1. The molecule has 0 spiro atoms. The molecule has 8 nitrogen and oxygen atoms in total. The van der Waals surface area contributed by atoms with Crippen molar-refractivity contribution < 1.29 is 28.6 Å². The summed E-state index contributed by atoms with van der Waals surface area (Å²) in [5, 5.41) is 3.94. The normalized spacial score (nSPS) is 14.7. The fourth-order valence-electron chi connectivity index (χ4n) is 9.46. The lowest BCUT2D eigenvalue weighted by Gasteiger charge is -2.19. The summed E-state index contributed by atoms with van der Waals surface area (Å²) in [7, 11) is 4.43. The van der Waals surface area contributed by atoms with Gasteiger partial charge < -0.3 is 24.5 Å². The summed E-state index contributed by atoms with van der Waals surface area (Å²) in [5.41, 5.74) is 17.7. The van der Waals surface area contributed by atoms with E-state index in [0.29, 0.717) is 24.1 Å². The second-order valence-corrected chi connectivity index (χ2v) is 22.6. The summed E-state index contributed by atoms with van der Waals surface area (Å²) >= 11 is 0. The molecule has 1 aromatic carbocycles. The highest BCUT2D eigenvalue weighted by molar-refractivity contribution is 6.23. The smallest absolute Gasteiger partial charge is 0.228 e. The van der Waals surface area contributed by atoms with Gasteiger partial charge in [-0.2, -0.15) is 0 Å². The Labute approximate surface area is 486 Å². The van der Waals surface area contributed by atoms with Gasteiger partial charge in [0.15, 0.2) is 0 Å². The van der Waals surface area contributed by atoms with Crippen molar-refractivity contribution in [2.45, 2.75) is 218 Å². The van der Waals surface area contributed by atoms with Gasteiger partial charge in [-0.25, -0.2) is 0 Å². The largest absolute Gasteiger partial charge is 0.497 e. The van der Waals surface area contributed by atoms with E-state index in [4.69, 9.17) is 14.2 Å². The van der Waals surface area contributed by atoms with Crippen molar-refractivity contribution in [1.29, 1.82) is 0 Å². The molecule has 0 saturated heterocycles. The molecule has 0 unspecified atom stereocenters. The molecule has 0 aliphatic heterocycles. The molecule has 2 N–H and O–H groups in total. The van der Waals surface area contributed by atoms with Crippen LogP contribution in [0.1, 0.15) is 218 Å². The average Bonchev–Trinajstić information content (AvgIpc) is 3.81. The molecule has 2 aromatic rings. The molecule has 8 heteroatoms. The average molecular weight is 1100 g/mol. The van der Waals surface area contributed by atoms with Crippen molar-refractivity contribution >= 4 is 28.4 Å². The molecule has 3 rings (SSSR count). The van der Waals surface area contributed by atoms with E-state index in [1.54, 1.807) is 14.0 Å². The third kappa shape index (κ3) is 29.4. The van der Waals surface area contributed by atoms with E-state index in [0.717, 1.165) is 119 Å². The first-order valence-electron chi connectivity index (χ1n) is 29.7. The Bertz CT molecular complexity index is 2690. The van der Waals surface area contributed by atoms with Gasteiger partial charge in [0.05, 0.1) is 21.3 Å². The van der Waals surface area contributed by atoms with E-state index >= 15 is 0 Å². The summed E-state index contributed by atoms with van der Waals surface area (Å²) in [6.45, 7) is 28.5. The van der Waals surface area contributed by atoms with Gasteiger partial charge >= 0.3 is 0 Å². The molecule has 0 radical (unpaired) electrons. The molecule has 1 aromatic heterocycles. The fourth-order valence-corrected chi connectivity index (χ4v) is 9.46. The minimum atomic E-state index is -0.284. The van der Waals surface area contributed by atoms with Crippen LogP contribution in [0.15, 0.2) is 164 Å². The van der Waals surface area contributed by atoms with Crippen LogP contribution >= 0.6 is 0 Å². The summed E-state index contributed by atoms with van der Waals surface area (Å²) in [5.74, 6) is 0.276. The lowest BCUT2D eigenvalue weighted by atomic mass is 9.90. The van der Waals surface area contributed by atoms with Gasteiger partial charge in [0, 0.05) is 41.7 Å². The highest BCUT2D eigenvalue weighted by Crippen LogP contribution is 2.29. The van der Waals surface area contributed by atoms with Crippen molar-refractivity contribution in [2.24, 2.45) is 0 Å². The molecular weight excluding hydrogens is 989 g/mol. The fraction of sp³-hybridized carbons (Fsp3) is 0.514. The first-order chi connectivity index (χ1) is 38.2. The number of aromatic nitrogens is 1. The third-order valence-corrected chi connectivity index (χ3v) is 14.8. The van der Waals surface area contributed by atoms with Crippen LogP contribution in [0, 0.1) is 0 Å². The van der Waals surface area contributed by atoms with Crippen LogP contribution in [0.2, 0.25) is 0 Å². The molecular formula is C72H106N2O6. The predicted octanol–water partition coefficient (Wildman–Crippen LogP) is 19.7. The quantitative estimate of drug-likeness (QED) is 0.0526. The Morgan fingerprint density at radius 1 is 0.475 bits per heavy atom. The second kappa shape index (κ2) is 40.1. The molecule has 1 amide bonds. The number of hydrogen-bond donors (Lipinski definition) is 2.